The molecule has 0 aliphatic carbocycles. The summed E-state index contributed by atoms with van der Waals surface area (Å²) < 4.78 is 11.0. The van der Waals surface area contributed by atoms with Crippen molar-refractivity contribution in [3.8, 4) is 16.9 Å². The van der Waals surface area contributed by atoms with E-state index in [1.165, 1.54) is 5.56 Å². The molecule has 0 spiro atoms. The third-order valence-corrected chi connectivity index (χ3v) is 7.90. The molecule has 0 aromatic heterocycles. The summed E-state index contributed by atoms with van der Waals surface area (Å²) >= 11 is 0. The highest BCUT2D eigenvalue weighted by atomic mass is 16.5. The van der Waals surface area contributed by atoms with E-state index in [0.717, 1.165) is 62.4 Å². The molecule has 7 nitrogen and oxygen atoms in total. The number of carbonyl (C=O) groups excluding carboxylic acids is 1. The molecule has 0 unspecified atom stereocenters. The Hall–Kier alpha value is -2.45. The average molecular weight is 480 g/mol. The molecule has 3 saturated heterocycles. The molecule has 5 rings (SSSR count). The van der Waals surface area contributed by atoms with Gasteiger partial charge in [-0.3, -0.25) is 14.6 Å². The van der Waals surface area contributed by atoms with Gasteiger partial charge in [-0.25, -0.2) is 0 Å². The average Bonchev–Trinajstić information content (AvgIpc) is 2.88. The molecule has 0 radical (unpaired) electrons. The minimum absolute atomic E-state index is 0.103. The number of nitrogens with zero attached hydrogens (tertiary/aromatic N) is 3. The van der Waals surface area contributed by atoms with Gasteiger partial charge in [0.05, 0.1) is 33.5 Å². The molecule has 1 N–H and O–H groups in total. The summed E-state index contributed by atoms with van der Waals surface area (Å²) in [5.74, 6) is 1.28. The fraction of sp³-hybridized carbons (Fsp3) is 0.536. The number of amides is 1. The number of hydrogen-bond acceptors (Lipinski definition) is 6. The minimum atomic E-state index is 0.103. The van der Waals surface area contributed by atoms with Crippen molar-refractivity contribution in [3.05, 3.63) is 54.1 Å². The predicted molar refractivity (Wildman–Crippen MR) is 136 cm³/mol. The molecule has 2 aromatic carbocycles. The lowest BCUT2D eigenvalue weighted by Crippen LogP contribution is -2.68. The second-order valence-electron chi connectivity index (χ2n) is 9.84. The first kappa shape index (κ1) is 24.3. The summed E-state index contributed by atoms with van der Waals surface area (Å²) in [7, 11) is 1.70. The zero-order valence-electron chi connectivity index (χ0n) is 20.6. The Balaban J connectivity index is 1.33. The van der Waals surface area contributed by atoms with E-state index < -0.39 is 0 Å². The number of morpholine rings is 1. The normalized spacial score (nSPS) is 25.8. The lowest BCUT2D eigenvalue weighted by atomic mass is 9.74. The highest BCUT2D eigenvalue weighted by molar-refractivity contribution is 5.78. The van der Waals surface area contributed by atoms with Gasteiger partial charge in [0.15, 0.2) is 0 Å². The molecule has 188 valence electrons. The number of hydrogen-bond donors (Lipinski definition) is 1. The van der Waals surface area contributed by atoms with Crippen LogP contribution in [0.3, 0.4) is 0 Å². The van der Waals surface area contributed by atoms with Gasteiger partial charge in [0.25, 0.3) is 0 Å². The fourth-order valence-corrected chi connectivity index (χ4v) is 5.99. The molecule has 3 atom stereocenters. The highest BCUT2D eigenvalue weighted by Gasteiger charge is 2.49. The van der Waals surface area contributed by atoms with Crippen LogP contribution in [0.1, 0.15) is 24.3 Å². The van der Waals surface area contributed by atoms with Crippen molar-refractivity contribution in [2.45, 2.75) is 30.8 Å². The van der Waals surface area contributed by atoms with Gasteiger partial charge in [-0.15, -0.1) is 0 Å². The van der Waals surface area contributed by atoms with Crippen LogP contribution in [0, 0.1) is 0 Å². The van der Waals surface area contributed by atoms with Crippen molar-refractivity contribution in [1.82, 2.24) is 14.7 Å². The Morgan fingerprint density at radius 2 is 1.77 bits per heavy atom. The standard InChI is InChI=1S/C28H37N3O4/c1-34-26-7-3-2-6-23(26)21-8-10-22(11-9-21)28-24-18-30(12-4-5-13-31(24)25(28)20-32)27(33)19-29-14-16-35-17-15-29/h2-3,6-11,24-25,28,32H,4-5,12-20H2,1H3/t24-,25-,28+/m1/s1. The molecule has 35 heavy (non-hydrogen) atoms. The molecule has 0 saturated carbocycles. The van der Waals surface area contributed by atoms with E-state index in [9.17, 15) is 9.90 Å². The summed E-state index contributed by atoms with van der Waals surface area (Å²) in [5, 5.41) is 10.3. The number of aliphatic hydroxyl groups is 1. The van der Waals surface area contributed by atoms with Gasteiger partial charge in [-0.05, 0) is 36.6 Å². The van der Waals surface area contributed by atoms with Crippen LogP contribution in [-0.4, -0.2) is 104 Å². The smallest absolute Gasteiger partial charge is 0.236 e. The van der Waals surface area contributed by atoms with Crippen LogP contribution >= 0.6 is 0 Å². The Morgan fingerprint density at radius 1 is 1.03 bits per heavy atom. The van der Waals surface area contributed by atoms with Gasteiger partial charge in [0.1, 0.15) is 5.75 Å². The molecule has 3 aliphatic heterocycles. The number of fused-ring (bicyclic) bond motifs is 1. The lowest BCUT2D eigenvalue weighted by molar-refractivity contribution is -0.138. The SMILES string of the molecule is COc1ccccc1-c1ccc([C@@H]2[C@@H](CO)N3CCCCN(C(=O)CN4CCOCC4)C[C@H]23)cc1. The Bertz CT molecular complexity index is 992. The van der Waals surface area contributed by atoms with Gasteiger partial charge >= 0.3 is 0 Å². The molecular weight excluding hydrogens is 442 g/mol. The Labute approximate surface area is 208 Å². The number of benzene rings is 2. The van der Waals surface area contributed by atoms with Crippen molar-refractivity contribution in [1.29, 1.82) is 0 Å². The molecule has 1 amide bonds. The summed E-state index contributed by atoms with van der Waals surface area (Å²) in [6.45, 7) is 6.18. The lowest BCUT2D eigenvalue weighted by Gasteiger charge is -2.57. The molecule has 2 aromatic rings. The molecule has 0 bridgehead atoms. The van der Waals surface area contributed by atoms with E-state index in [4.69, 9.17) is 9.47 Å². The van der Waals surface area contributed by atoms with E-state index in [2.05, 4.69) is 45.0 Å². The number of ether oxygens (including phenoxy) is 2. The van der Waals surface area contributed by atoms with Crippen LogP contribution in [0.5, 0.6) is 5.75 Å². The Kier molecular flexibility index (Phi) is 7.68. The van der Waals surface area contributed by atoms with Crippen LogP contribution < -0.4 is 4.74 Å². The van der Waals surface area contributed by atoms with Crippen LogP contribution in [0.15, 0.2) is 48.5 Å². The van der Waals surface area contributed by atoms with Gasteiger partial charge in [0, 0.05) is 49.7 Å². The second kappa shape index (κ2) is 11.1. The zero-order valence-corrected chi connectivity index (χ0v) is 20.6. The first-order chi connectivity index (χ1) is 17.2. The number of aliphatic hydroxyl groups excluding tert-OH is 1. The molecule has 3 fully saturated rings. The maximum absolute atomic E-state index is 13.2. The first-order valence-corrected chi connectivity index (χ1v) is 12.9. The number of carbonyl (C=O) groups is 1. The van der Waals surface area contributed by atoms with Gasteiger partial charge in [-0.2, -0.15) is 0 Å². The topological polar surface area (TPSA) is 65.5 Å². The van der Waals surface area contributed by atoms with Gasteiger partial charge in [0.2, 0.25) is 5.91 Å². The quantitative estimate of drug-likeness (QED) is 0.687. The van der Waals surface area contributed by atoms with Crippen LogP contribution in [-0.2, 0) is 9.53 Å². The largest absolute Gasteiger partial charge is 0.496 e. The molecule has 3 aliphatic rings. The van der Waals surface area contributed by atoms with Crippen molar-refractivity contribution in [2.75, 3.05) is 66.2 Å². The maximum Gasteiger partial charge on any atom is 0.236 e. The van der Waals surface area contributed by atoms with Crippen molar-refractivity contribution in [2.24, 2.45) is 0 Å². The van der Waals surface area contributed by atoms with Crippen LogP contribution in [0.2, 0.25) is 0 Å². The highest BCUT2D eigenvalue weighted by Crippen LogP contribution is 2.42. The number of para-hydroxylation sites is 1. The number of methoxy groups -OCH3 is 1. The van der Waals surface area contributed by atoms with Crippen molar-refractivity contribution in [3.63, 3.8) is 0 Å². The summed E-state index contributed by atoms with van der Waals surface area (Å²) in [4.78, 5) is 19.9. The van der Waals surface area contributed by atoms with Crippen molar-refractivity contribution >= 4 is 5.91 Å². The third-order valence-electron chi connectivity index (χ3n) is 7.90. The van der Waals surface area contributed by atoms with Crippen LogP contribution in [0.4, 0.5) is 0 Å². The fourth-order valence-electron chi connectivity index (χ4n) is 5.99. The molecular formula is C28H37N3O4. The molecule has 3 heterocycles. The van der Waals surface area contributed by atoms with Gasteiger partial charge in [-0.1, -0.05) is 42.5 Å². The first-order valence-electron chi connectivity index (χ1n) is 12.9. The van der Waals surface area contributed by atoms with E-state index in [1.807, 2.05) is 18.2 Å². The van der Waals surface area contributed by atoms with E-state index in [1.54, 1.807) is 7.11 Å². The second-order valence-corrected chi connectivity index (χ2v) is 9.84. The van der Waals surface area contributed by atoms with E-state index >= 15 is 0 Å². The monoisotopic (exact) mass is 479 g/mol. The van der Waals surface area contributed by atoms with Crippen LogP contribution in [0.25, 0.3) is 11.1 Å². The Morgan fingerprint density at radius 3 is 2.51 bits per heavy atom. The summed E-state index contributed by atoms with van der Waals surface area (Å²) in [5.41, 5.74) is 3.41. The summed E-state index contributed by atoms with van der Waals surface area (Å²) in [6.07, 6.45) is 2.06. The molecule has 7 heteroatoms. The van der Waals surface area contributed by atoms with Gasteiger partial charge < -0.3 is 19.5 Å². The third kappa shape index (κ3) is 5.09. The van der Waals surface area contributed by atoms with E-state index in [-0.39, 0.29) is 30.5 Å². The summed E-state index contributed by atoms with van der Waals surface area (Å²) in [6, 6.07) is 17.1. The number of rotatable bonds is 6. The maximum atomic E-state index is 13.2. The predicted octanol–water partition coefficient (Wildman–Crippen LogP) is 2.45. The van der Waals surface area contributed by atoms with Crippen molar-refractivity contribution < 1.29 is 19.4 Å². The minimum Gasteiger partial charge on any atom is -0.496 e. The van der Waals surface area contributed by atoms with E-state index in [0.29, 0.717) is 19.8 Å². The zero-order chi connectivity index (χ0) is 24.2.